The Labute approximate surface area is 81.4 Å². The van der Waals surface area contributed by atoms with E-state index in [-0.39, 0.29) is 38.3 Å². The summed E-state index contributed by atoms with van der Waals surface area (Å²) in [6.45, 7) is 0. The molecule has 7 nitrogen and oxygen atoms in total. The van der Waals surface area contributed by atoms with Crippen LogP contribution in [0.25, 0.3) is 0 Å². The van der Waals surface area contributed by atoms with Crippen molar-refractivity contribution in [2.45, 2.75) is 0 Å². The first kappa shape index (κ1) is 83.1. The minimum atomic E-state index is -2.03. The Morgan fingerprint density at radius 3 is 0.455 bits per heavy atom. The molecule has 0 bridgehead atoms. The normalized spacial score (nSPS) is 3.27. The number of halogens is 3. The predicted octanol–water partition coefficient (Wildman–Crippen LogP) is -4.09. The van der Waals surface area contributed by atoms with Crippen LogP contribution in [0.3, 0.4) is 0 Å². The average Bonchev–Trinajstić information content (AvgIpc) is 0.811. The molecule has 0 aliphatic carbocycles. The van der Waals surface area contributed by atoms with Gasteiger partial charge in [-0.25, -0.2) is 0 Å². The van der Waals surface area contributed by atoms with Crippen molar-refractivity contribution in [2.75, 3.05) is 0 Å². The molecule has 0 saturated carbocycles. The van der Waals surface area contributed by atoms with Crippen molar-refractivity contribution in [2.24, 2.45) is 0 Å². The SMILES string of the molecule is O.O.O.O.O.O.O.[Cl][Sb]([Cl])[Cl]. The van der Waals surface area contributed by atoms with E-state index < -0.39 is 16.8 Å². The second kappa shape index (κ2) is 63.6. The molecule has 11 heteroatoms. The standard InChI is InChI=1S/3ClH.7H2O.Sb/h3*1H;7*1H2;/q;;;;;;;;;;+3/p-3. The third-order valence-corrected chi connectivity index (χ3v) is 0. The molecular formula is H14Cl3O7Sb. The number of rotatable bonds is 0. The van der Waals surface area contributed by atoms with Gasteiger partial charge in [0.2, 0.25) is 0 Å². The molecule has 82 valence electrons. The fraction of sp³-hybridized carbons (Fsp3) is 0. The molecule has 0 saturated heterocycles. The van der Waals surface area contributed by atoms with Gasteiger partial charge < -0.3 is 38.3 Å². The molecule has 0 aromatic rings. The molecule has 0 aromatic heterocycles. The quantitative estimate of drug-likeness (QED) is 0.378. The van der Waals surface area contributed by atoms with Gasteiger partial charge in [-0.2, -0.15) is 0 Å². The van der Waals surface area contributed by atoms with Crippen LogP contribution >= 0.6 is 26.5 Å². The molecule has 0 fully saturated rings. The van der Waals surface area contributed by atoms with Crippen LogP contribution in [0.5, 0.6) is 0 Å². The molecule has 0 aromatic carbocycles. The Bertz CT molecular complexity index is 18.4. The summed E-state index contributed by atoms with van der Waals surface area (Å²) in [6, 6.07) is 0. The number of hydrogen-bond acceptors (Lipinski definition) is 0. The van der Waals surface area contributed by atoms with Crippen molar-refractivity contribution in [3.05, 3.63) is 0 Å². The molecule has 0 radical (unpaired) electrons. The van der Waals surface area contributed by atoms with Crippen LogP contribution in [-0.4, -0.2) is 55.1 Å². The van der Waals surface area contributed by atoms with E-state index >= 15 is 0 Å². The molecule has 0 unspecified atom stereocenters. The molecule has 0 rings (SSSR count). The van der Waals surface area contributed by atoms with Crippen molar-refractivity contribution < 1.29 is 38.3 Å². The topological polar surface area (TPSA) is 220 Å². The van der Waals surface area contributed by atoms with Gasteiger partial charge >= 0.3 is 43.3 Å². The zero-order valence-corrected chi connectivity index (χ0v) is 9.90. The summed E-state index contributed by atoms with van der Waals surface area (Å²) in [4.78, 5) is 0. The van der Waals surface area contributed by atoms with E-state index in [1.165, 1.54) is 0 Å². The third kappa shape index (κ3) is 509. The maximum absolute atomic E-state index is 4.99. The maximum atomic E-state index is 4.99. The molecule has 0 heterocycles. The molecule has 0 aliphatic rings. The van der Waals surface area contributed by atoms with E-state index in [2.05, 4.69) is 0 Å². The van der Waals surface area contributed by atoms with Crippen LogP contribution in [0.1, 0.15) is 0 Å². The van der Waals surface area contributed by atoms with E-state index in [0.29, 0.717) is 0 Å². The zero-order chi connectivity index (χ0) is 3.58. The Balaban J connectivity index is -0.00000000214. The zero-order valence-electron chi connectivity index (χ0n) is 5.08. The van der Waals surface area contributed by atoms with Crippen LogP contribution in [-0.2, 0) is 0 Å². The molecule has 0 aliphatic heterocycles. The second-order valence-electron chi connectivity index (χ2n) is 0.192. The first-order valence-corrected chi connectivity index (χ1v) is 10.2. The van der Waals surface area contributed by atoms with Crippen LogP contribution in [0.4, 0.5) is 0 Å². The van der Waals surface area contributed by atoms with Crippen molar-refractivity contribution in [1.29, 1.82) is 0 Å². The monoisotopic (exact) mass is 352 g/mol. The van der Waals surface area contributed by atoms with Gasteiger partial charge in [0.05, 0.1) is 0 Å². The summed E-state index contributed by atoms with van der Waals surface area (Å²) in [5, 5.41) is 0. The van der Waals surface area contributed by atoms with Crippen LogP contribution in [0.2, 0.25) is 0 Å². The van der Waals surface area contributed by atoms with E-state index in [4.69, 9.17) is 26.5 Å². The van der Waals surface area contributed by atoms with Gasteiger partial charge in [-0.1, -0.05) is 0 Å². The van der Waals surface area contributed by atoms with Gasteiger partial charge in [0.1, 0.15) is 0 Å². The summed E-state index contributed by atoms with van der Waals surface area (Å²) in [5.74, 6) is 0. The molecular weight excluding hydrogens is 340 g/mol. The Hall–Kier alpha value is 1.41. The summed E-state index contributed by atoms with van der Waals surface area (Å²) in [6.07, 6.45) is 0. The van der Waals surface area contributed by atoms with E-state index in [9.17, 15) is 0 Å². The molecule has 11 heavy (non-hydrogen) atoms. The van der Waals surface area contributed by atoms with Crippen molar-refractivity contribution in [3.8, 4) is 0 Å². The average molecular weight is 354 g/mol. The van der Waals surface area contributed by atoms with Crippen molar-refractivity contribution in [3.63, 3.8) is 0 Å². The van der Waals surface area contributed by atoms with Gasteiger partial charge in [-0.15, -0.1) is 0 Å². The molecule has 14 N–H and O–H groups in total. The van der Waals surface area contributed by atoms with Crippen LogP contribution < -0.4 is 0 Å². The van der Waals surface area contributed by atoms with E-state index in [0.717, 1.165) is 0 Å². The number of hydrogen-bond donors (Lipinski definition) is 0. The van der Waals surface area contributed by atoms with E-state index in [1.54, 1.807) is 0 Å². The van der Waals surface area contributed by atoms with Crippen LogP contribution in [0.15, 0.2) is 0 Å². The van der Waals surface area contributed by atoms with Gasteiger partial charge in [0.25, 0.3) is 0 Å². The first-order valence-electron chi connectivity index (χ1n) is 0.507. The summed E-state index contributed by atoms with van der Waals surface area (Å²) >= 11 is -2.03. The summed E-state index contributed by atoms with van der Waals surface area (Å²) < 4.78 is 0. The fourth-order valence-electron chi connectivity index (χ4n) is 0. The third-order valence-electron chi connectivity index (χ3n) is 0. The Kier molecular flexibility index (Phi) is 480. The molecule has 0 atom stereocenters. The van der Waals surface area contributed by atoms with Gasteiger partial charge in [0.15, 0.2) is 0 Å². The first-order chi connectivity index (χ1) is 1.73. The van der Waals surface area contributed by atoms with Gasteiger partial charge in [0, 0.05) is 0 Å². The summed E-state index contributed by atoms with van der Waals surface area (Å²) in [5.41, 5.74) is 0. The van der Waals surface area contributed by atoms with Gasteiger partial charge in [-0.05, 0) is 0 Å². The summed E-state index contributed by atoms with van der Waals surface area (Å²) in [7, 11) is 15.0. The molecule has 0 spiro atoms. The van der Waals surface area contributed by atoms with Crippen molar-refractivity contribution in [1.82, 2.24) is 0 Å². The Morgan fingerprint density at radius 2 is 0.455 bits per heavy atom. The minimum absolute atomic E-state index is 0. The van der Waals surface area contributed by atoms with Crippen molar-refractivity contribution >= 4 is 43.3 Å². The second-order valence-corrected chi connectivity index (χ2v) is 11.6. The fourth-order valence-corrected chi connectivity index (χ4v) is 0. The van der Waals surface area contributed by atoms with Gasteiger partial charge in [-0.3, -0.25) is 0 Å². The molecule has 0 amide bonds. The Morgan fingerprint density at radius 1 is 0.455 bits per heavy atom. The predicted molar refractivity (Wildman–Crippen MR) is 48.6 cm³/mol. The van der Waals surface area contributed by atoms with E-state index in [1.807, 2.05) is 0 Å². The van der Waals surface area contributed by atoms with Crippen LogP contribution in [0, 0.1) is 0 Å².